The fourth-order valence-corrected chi connectivity index (χ4v) is 4.24. The number of piperazine rings is 1. The first kappa shape index (κ1) is 22.3. The molecule has 7 nitrogen and oxygen atoms in total. The number of aromatic nitrogens is 2. The Morgan fingerprint density at radius 2 is 1.69 bits per heavy atom. The van der Waals surface area contributed by atoms with E-state index in [1.165, 1.54) is 25.3 Å². The zero-order chi connectivity index (χ0) is 22.9. The van der Waals surface area contributed by atoms with E-state index in [1.54, 1.807) is 17.0 Å². The van der Waals surface area contributed by atoms with Gasteiger partial charge in [0, 0.05) is 64.6 Å². The Balaban J connectivity index is 1.41. The van der Waals surface area contributed by atoms with Crippen molar-refractivity contribution in [1.29, 1.82) is 0 Å². The second kappa shape index (κ2) is 8.93. The van der Waals surface area contributed by atoms with Gasteiger partial charge in [-0.15, -0.1) is 0 Å². The number of halogens is 3. The van der Waals surface area contributed by atoms with Gasteiger partial charge in [0.1, 0.15) is 5.69 Å². The first-order valence-electron chi connectivity index (χ1n) is 10.8. The van der Waals surface area contributed by atoms with Crippen LogP contribution in [-0.4, -0.2) is 70.7 Å². The summed E-state index contributed by atoms with van der Waals surface area (Å²) in [6.07, 6.45) is -0.971. The van der Waals surface area contributed by atoms with Crippen LogP contribution in [0.2, 0.25) is 0 Å². The van der Waals surface area contributed by atoms with E-state index in [2.05, 4.69) is 5.10 Å². The SMILES string of the molecule is CC(=O)c1ccn(C(=O)N2CCN(Cc3ccc(N4CCCC4)cc3C(F)(F)F)CC2)n1. The summed E-state index contributed by atoms with van der Waals surface area (Å²) in [6.45, 7) is 4.79. The molecule has 1 aromatic carbocycles. The Morgan fingerprint density at radius 3 is 2.28 bits per heavy atom. The van der Waals surface area contributed by atoms with Crippen LogP contribution in [0.4, 0.5) is 23.7 Å². The van der Waals surface area contributed by atoms with Gasteiger partial charge in [-0.2, -0.15) is 23.0 Å². The number of hydrogen-bond acceptors (Lipinski definition) is 5. The van der Waals surface area contributed by atoms with Crippen molar-refractivity contribution in [2.75, 3.05) is 44.2 Å². The molecule has 1 amide bonds. The average Bonchev–Trinajstić information content (AvgIpc) is 3.46. The molecule has 0 bridgehead atoms. The molecule has 2 saturated heterocycles. The van der Waals surface area contributed by atoms with Crippen LogP contribution in [0.25, 0.3) is 0 Å². The normalized spacial score (nSPS) is 17.8. The van der Waals surface area contributed by atoms with Gasteiger partial charge in [-0.1, -0.05) is 6.07 Å². The van der Waals surface area contributed by atoms with Gasteiger partial charge in [-0.05, 0) is 36.6 Å². The number of carbonyl (C=O) groups excluding carboxylic acids is 2. The molecule has 4 rings (SSSR count). The number of carbonyl (C=O) groups is 2. The Labute approximate surface area is 184 Å². The summed E-state index contributed by atoms with van der Waals surface area (Å²) in [5.74, 6) is -0.224. The van der Waals surface area contributed by atoms with Gasteiger partial charge in [0.05, 0.1) is 5.56 Å². The maximum atomic E-state index is 13.8. The monoisotopic (exact) mass is 449 g/mol. The predicted molar refractivity (Wildman–Crippen MR) is 113 cm³/mol. The summed E-state index contributed by atoms with van der Waals surface area (Å²) in [7, 11) is 0. The lowest BCUT2D eigenvalue weighted by molar-refractivity contribution is -0.138. The molecule has 2 aromatic rings. The van der Waals surface area contributed by atoms with E-state index < -0.39 is 11.7 Å². The summed E-state index contributed by atoms with van der Waals surface area (Å²) < 4.78 is 42.4. The fraction of sp³-hybridized carbons (Fsp3) is 0.500. The minimum absolute atomic E-state index is 0.174. The number of alkyl halides is 3. The third-order valence-electron chi connectivity index (χ3n) is 6.05. The van der Waals surface area contributed by atoms with Crippen molar-refractivity contribution < 1.29 is 22.8 Å². The molecule has 0 spiro atoms. The summed E-state index contributed by atoms with van der Waals surface area (Å²) in [5, 5.41) is 3.98. The molecule has 0 aliphatic carbocycles. The highest BCUT2D eigenvalue weighted by atomic mass is 19.4. The van der Waals surface area contributed by atoms with Gasteiger partial charge in [0.2, 0.25) is 0 Å². The van der Waals surface area contributed by atoms with Crippen LogP contribution in [0.5, 0.6) is 0 Å². The van der Waals surface area contributed by atoms with E-state index in [1.807, 2.05) is 9.80 Å². The van der Waals surface area contributed by atoms with Crippen molar-refractivity contribution >= 4 is 17.5 Å². The van der Waals surface area contributed by atoms with Gasteiger partial charge in [-0.25, -0.2) is 4.79 Å². The van der Waals surface area contributed by atoms with E-state index in [0.29, 0.717) is 31.9 Å². The summed E-state index contributed by atoms with van der Waals surface area (Å²) in [5.41, 5.74) is 0.499. The molecule has 0 N–H and O–H groups in total. The second-order valence-corrected chi connectivity index (χ2v) is 8.28. The standard InChI is InChI=1S/C22H26F3N5O2/c1-16(31)20-6-9-30(26-20)21(32)29-12-10-27(11-13-29)15-17-4-5-18(28-7-2-3-8-28)14-19(17)22(23,24)25/h4-6,9,14H,2-3,7-8,10-13,15H2,1H3. The number of amides is 1. The first-order valence-corrected chi connectivity index (χ1v) is 10.8. The Bertz CT molecular complexity index is 990. The quantitative estimate of drug-likeness (QED) is 0.669. The van der Waals surface area contributed by atoms with E-state index in [0.717, 1.165) is 30.6 Å². The Hall–Kier alpha value is -2.88. The van der Waals surface area contributed by atoms with E-state index in [9.17, 15) is 22.8 Å². The molecule has 0 atom stereocenters. The first-order chi connectivity index (χ1) is 15.2. The molecule has 32 heavy (non-hydrogen) atoms. The van der Waals surface area contributed by atoms with Crippen LogP contribution in [0.3, 0.4) is 0 Å². The molecule has 0 saturated carbocycles. The van der Waals surface area contributed by atoms with Crippen molar-refractivity contribution in [1.82, 2.24) is 19.6 Å². The number of benzene rings is 1. The van der Waals surface area contributed by atoms with Crippen LogP contribution >= 0.6 is 0 Å². The molecular formula is C22H26F3N5O2. The van der Waals surface area contributed by atoms with Crippen LogP contribution < -0.4 is 4.90 Å². The van der Waals surface area contributed by atoms with Gasteiger partial charge >= 0.3 is 12.2 Å². The van der Waals surface area contributed by atoms with Gasteiger partial charge in [0.25, 0.3) is 0 Å². The molecule has 0 unspecified atom stereocenters. The van der Waals surface area contributed by atoms with E-state index in [-0.39, 0.29) is 29.6 Å². The zero-order valence-electron chi connectivity index (χ0n) is 17.9. The highest BCUT2D eigenvalue weighted by Crippen LogP contribution is 2.36. The molecule has 2 aliphatic heterocycles. The largest absolute Gasteiger partial charge is 0.416 e. The number of hydrogen-bond donors (Lipinski definition) is 0. The van der Waals surface area contributed by atoms with Crippen molar-refractivity contribution in [3.8, 4) is 0 Å². The van der Waals surface area contributed by atoms with E-state index in [4.69, 9.17) is 0 Å². The third kappa shape index (κ3) is 4.79. The average molecular weight is 449 g/mol. The number of anilines is 1. The van der Waals surface area contributed by atoms with Crippen molar-refractivity contribution in [3.05, 3.63) is 47.3 Å². The lowest BCUT2D eigenvalue weighted by atomic mass is 10.0. The second-order valence-electron chi connectivity index (χ2n) is 8.28. The number of ketones is 1. The zero-order valence-corrected chi connectivity index (χ0v) is 17.9. The van der Waals surface area contributed by atoms with Gasteiger partial charge in [-0.3, -0.25) is 9.69 Å². The van der Waals surface area contributed by atoms with Gasteiger partial charge in [0.15, 0.2) is 5.78 Å². The Morgan fingerprint density at radius 1 is 1.00 bits per heavy atom. The molecule has 2 aliphatic rings. The highest BCUT2D eigenvalue weighted by molar-refractivity contribution is 5.92. The maximum Gasteiger partial charge on any atom is 0.416 e. The Kier molecular flexibility index (Phi) is 6.23. The van der Waals surface area contributed by atoms with Crippen molar-refractivity contribution in [3.63, 3.8) is 0 Å². The fourth-order valence-electron chi connectivity index (χ4n) is 4.24. The molecule has 172 valence electrons. The number of rotatable bonds is 4. The molecule has 0 radical (unpaired) electrons. The van der Waals surface area contributed by atoms with Crippen molar-refractivity contribution in [2.24, 2.45) is 0 Å². The van der Waals surface area contributed by atoms with Crippen LogP contribution in [-0.2, 0) is 12.7 Å². The van der Waals surface area contributed by atoms with Crippen LogP contribution in [0, 0.1) is 0 Å². The molecular weight excluding hydrogens is 423 g/mol. The lowest BCUT2D eigenvalue weighted by Crippen LogP contribution is -2.49. The molecule has 10 heteroatoms. The lowest BCUT2D eigenvalue weighted by Gasteiger charge is -2.35. The number of Topliss-reactive ketones (excluding diaryl/α,β-unsaturated/α-hetero) is 1. The minimum atomic E-state index is -4.42. The summed E-state index contributed by atoms with van der Waals surface area (Å²) in [4.78, 5) is 29.5. The molecule has 1 aromatic heterocycles. The molecule has 2 fully saturated rings. The van der Waals surface area contributed by atoms with Crippen LogP contribution in [0.1, 0.15) is 41.4 Å². The smallest absolute Gasteiger partial charge is 0.372 e. The van der Waals surface area contributed by atoms with Crippen molar-refractivity contribution in [2.45, 2.75) is 32.5 Å². The minimum Gasteiger partial charge on any atom is -0.372 e. The maximum absolute atomic E-state index is 13.8. The summed E-state index contributed by atoms with van der Waals surface area (Å²) >= 11 is 0. The predicted octanol–water partition coefficient (Wildman–Crippen LogP) is 3.49. The summed E-state index contributed by atoms with van der Waals surface area (Å²) in [6, 6.07) is 5.77. The molecule has 3 heterocycles. The van der Waals surface area contributed by atoms with Gasteiger partial charge < -0.3 is 9.80 Å². The third-order valence-corrected chi connectivity index (χ3v) is 6.05. The van der Waals surface area contributed by atoms with E-state index >= 15 is 0 Å². The van der Waals surface area contributed by atoms with Crippen LogP contribution in [0.15, 0.2) is 30.5 Å². The topological polar surface area (TPSA) is 61.7 Å². The number of nitrogens with zero attached hydrogens (tertiary/aromatic N) is 5. The highest BCUT2D eigenvalue weighted by Gasteiger charge is 2.35.